The number of nitroso groups, excluding NO2 is 1. The fourth-order valence-electron chi connectivity index (χ4n) is 10.7. The van der Waals surface area contributed by atoms with Crippen molar-refractivity contribution >= 4 is 0 Å². The average molecular weight is 402 g/mol. The highest BCUT2D eigenvalue weighted by molar-refractivity contribution is 5.20. The summed E-state index contributed by atoms with van der Waals surface area (Å²) in [5.41, 5.74) is 0.841. The molecule has 164 valence electrons. The molecule has 1 N–H and O–H groups in total. The van der Waals surface area contributed by atoms with Crippen LogP contribution < -0.4 is 0 Å². The van der Waals surface area contributed by atoms with Gasteiger partial charge in [-0.1, -0.05) is 46.2 Å². The highest BCUT2D eigenvalue weighted by Crippen LogP contribution is 2.76. The third-order valence-corrected chi connectivity index (χ3v) is 12.5. The summed E-state index contributed by atoms with van der Waals surface area (Å²) in [7, 11) is 0. The number of aliphatic hydroxyl groups excluding tert-OH is 1. The summed E-state index contributed by atoms with van der Waals surface area (Å²) in [5, 5.41) is 14.6. The fourth-order valence-corrected chi connectivity index (χ4v) is 10.7. The van der Waals surface area contributed by atoms with Crippen LogP contribution in [0.4, 0.5) is 0 Å². The van der Waals surface area contributed by atoms with Gasteiger partial charge in [0.2, 0.25) is 0 Å². The van der Waals surface area contributed by atoms with Gasteiger partial charge in [-0.05, 0) is 110 Å². The van der Waals surface area contributed by atoms with Crippen LogP contribution in [0.15, 0.2) is 5.18 Å². The Hall–Kier alpha value is -0.440. The minimum atomic E-state index is -0.231. The van der Waals surface area contributed by atoms with Crippen LogP contribution in [0.25, 0.3) is 0 Å². The van der Waals surface area contributed by atoms with Crippen LogP contribution in [0, 0.1) is 50.2 Å². The normalized spacial score (nSPS) is 58.5. The van der Waals surface area contributed by atoms with E-state index in [1.54, 1.807) is 0 Å². The molecular formula is C26H43NO2. The van der Waals surface area contributed by atoms with E-state index in [2.05, 4.69) is 39.8 Å². The number of hydrogen-bond donors (Lipinski definition) is 1. The summed E-state index contributed by atoms with van der Waals surface area (Å²) in [6.07, 6.45) is 12.9. The van der Waals surface area contributed by atoms with E-state index >= 15 is 0 Å². The molecule has 29 heavy (non-hydrogen) atoms. The Morgan fingerprint density at radius 1 is 0.724 bits per heavy atom. The van der Waals surface area contributed by atoms with E-state index in [0.717, 1.165) is 25.2 Å². The molecule has 3 heteroatoms. The first-order valence-corrected chi connectivity index (χ1v) is 12.6. The molecule has 5 aliphatic carbocycles. The van der Waals surface area contributed by atoms with Gasteiger partial charge in [-0.2, -0.15) is 4.91 Å². The molecular weight excluding hydrogens is 358 g/mol. The minimum absolute atomic E-state index is 0.0285. The van der Waals surface area contributed by atoms with Crippen LogP contribution >= 0.6 is 0 Å². The molecule has 5 rings (SSSR count). The predicted octanol–water partition coefficient (Wildman–Crippen LogP) is 6.72. The molecule has 3 nitrogen and oxygen atoms in total. The molecule has 0 aromatic carbocycles. The highest BCUT2D eigenvalue weighted by Gasteiger charge is 2.70. The summed E-state index contributed by atoms with van der Waals surface area (Å²) >= 11 is 0. The van der Waals surface area contributed by atoms with Gasteiger partial charge in [0.15, 0.2) is 0 Å². The SMILES string of the molecule is CC1(C)C(O)CCC2(C)C1CCC1(C)C2CCC2C3CCCC3(N=O)CC[C@]21C. The number of fused-ring (bicyclic) bond motifs is 7. The maximum absolute atomic E-state index is 12.0. The zero-order valence-electron chi connectivity index (χ0n) is 19.5. The number of aliphatic hydroxyl groups is 1. The first-order chi connectivity index (χ1) is 13.6. The van der Waals surface area contributed by atoms with Crippen LogP contribution in [0.5, 0.6) is 0 Å². The standard InChI is InChI=1S/C26H43NO2/c1-22(2)19-10-14-25(5)20(23(19,3)13-11-21(22)28)9-8-17-18-7-6-12-26(18,27-29)16-15-24(17,25)4/h17-21,28H,6-16H2,1-5H3/t17?,18?,19?,20?,21?,23?,24-,25?,26?/m1/s1. The molecule has 8 unspecified atom stereocenters. The first-order valence-electron chi connectivity index (χ1n) is 12.6. The molecule has 0 bridgehead atoms. The van der Waals surface area contributed by atoms with Gasteiger partial charge < -0.3 is 5.11 Å². The van der Waals surface area contributed by atoms with Crippen molar-refractivity contribution < 1.29 is 5.11 Å². The Kier molecular flexibility index (Phi) is 4.29. The van der Waals surface area contributed by atoms with Gasteiger partial charge in [-0.3, -0.25) is 0 Å². The van der Waals surface area contributed by atoms with Gasteiger partial charge in [0.05, 0.1) is 6.10 Å². The summed E-state index contributed by atoms with van der Waals surface area (Å²) in [6.45, 7) is 12.5. The molecule has 5 fully saturated rings. The lowest BCUT2D eigenvalue weighted by molar-refractivity contribution is -0.240. The van der Waals surface area contributed by atoms with Gasteiger partial charge in [0.1, 0.15) is 5.54 Å². The van der Waals surface area contributed by atoms with Gasteiger partial charge in [-0.25, -0.2) is 0 Å². The van der Waals surface area contributed by atoms with E-state index in [1.807, 2.05) is 0 Å². The molecule has 5 aliphatic rings. The lowest BCUT2D eigenvalue weighted by Crippen LogP contribution is -2.66. The van der Waals surface area contributed by atoms with Gasteiger partial charge in [-0.15, -0.1) is 0 Å². The topological polar surface area (TPSA) is 49.7 Å². The summed E-state index contributed by atoms with van der Waals surface area (Å²) < 4.78 is 0. The van der Waals surface area contributed by atoms with Crippen molar-refractivity contribution in [3.05, 3.63) is 4.91 Å². The lowest BCUT2D eigenvalue weighted by Gasteiger charge is -2.72. The van der Waals surface area contributed by atoms with Gasteiger partial charge in [0, 0.05) is 0 Å². The van der Waals surface area contributed by atoms with Crippen molar-refractivity contribution in [2.75, 3.05) is 0 Å². The van der Waals surface area contributed by atoms with Crippen molar-refractivity contribution in [2.45, 2.75) is 117 Å². The molecule has 0 aromatic heterocycles. The lowest BCUT2D eigenvalue weighted by atomic mass is 9.33. The molecule has 0 amide bonds. The Morgan fingerprint density at radius 3 is 2.21 bits per heavy atom. The largest absolute Gasteiger partial charge is 0.393 e. The second-order valence-corrected chi connectivity index (χ2v) is 13.2. The van der Waals surface area contributed by atoms with E-state index in [9.17, 15) is 10.0 Å². The molecule has 0 radical (unpaired) electrons. The Labute approximate surface area is 177 Å². The van der Waals surface area contributed by atoms with Gasteiger partial charge >= 0.3 is 0 Å². The Morgan fingerprint density at radius 2 is 1.48 bits per heavy atom. The summed E-state index contributed by atoms with van der Waals surface area (Å²) in [5.74, 6) is 2.59. The second-order valence-electron chi connectivity index (χ2n) is 13.2. The maximum Gasteiger partial charge on any atom is 0.106 e. The minimum Gasteiger partial charge on any atom is -0.393 e. The fraction of sp³-hybridized carbons (Fsp3) is 1.00. The zero-order valence-corrected chi connectivity index (χ0v) is 19.5. The quantitative estimate of drug-likeness (QED) is 0.496. The molecule has 9 atom stereocenters. The van der Waals surface area contributed by atoms with Crippen molar-refractivity contribution in [3.63, 3.8) is 0 Å². The Bertz CT molecular complexity index is 705. The van der Waals surface area contributed by atoms with Gasteiger partial charge in [0.25, 0.3) is 0 Å². The third kappa shape index (κ3) is 2.30. The molecule has 0 heterocycles. The molecule has 0 aromatic rings. The van der Waals surface area contributed by atoms with Crippen molar-refractivity contribution in [3.8, 4) is 0 Å². The van der Waals surface area contributed by atoms with Crippen LogP contribution in [0.2, 0.25) is 0 Å². The van der Waals surface area contributed by atoms with Crippen LogP contribution in [-0.4, -0.2) is 16.7 Å². The van der Waals surface area contributed by atoms with Crippen LogP contribution in [-0.2, 0) is 0 Å². The summed E-state index contributed by atoms with van der Waals surface area (Å²) in [6, 6.07) is 0. The van der Waals surface area contributed by atoms with E-state index in [1.165, 1.54) is 51.4 Å². The first kappa shape index (κ1) is 20.5. The smallest absolute Gasteiger partial charge is 0.106 e. The van der Waals surface area contributed by atoms with Crippen LogP contribution in [0.3, 0.4) is 0 Å². The summed E-state index contributed by atoms with van der Waals surface area (Å²) in [4.78, 5) is 12.0. The highest BCUT2D eigenvalue weighted by atomic mass is 16.3. The second kappa shape index (κ2) is 6.08. The monoisotopic (exact) mass is 401 g/mol. The van der Waals surface area contributed by atoms with E-state index < -0.39 is 0 Å². The molecule has 0 aliphatic heterocycles. The maximum atomic E-state index is 12.0. The molecule has 0 spiro atoms. The van der Waals surface area contributed by atoms with E-state index in [0.29, 0.717) is 34.0 Å². The number of nitrogens with zero attached hydrogens (tertiary/aromatic N) is 1. The van der Waals surface area contributed by atoms with Crippen molar-refractivity contribution in [1.82, 2.24) is 0 Å². The van der Waals surface area contributed by atoms with Crippen molar-refractivity contribution in [1.29, 1.82) is 0 Å². The molecule has 0 saturated heterocycles. The predicted molar refractivity (Wildman–Crippen MR) is 117 cm³/mol. The number of rotatable bonds is 1. The zero-order chi connectivity index (χ0) is 20.9. The van der Waals surface area contributed by atoms with E-state index in [4.69, 9.17) is 0 Å². The van der Waals surface area contributed by atoms with E-state index in [-0.39, 0.29) is 17.1 Å². The Balaban J connectivity index is 1.53. The van der Waals surface area contributed by atoms with Crippen molar-refractivity contribution in [2.24, 2.45) is 50.5 Å². The third-order valence-electron chi connectivity index (χ3n) is 12.5. The van der Waals surface area contributed by atoms with Crippen LogP contribution in [0.1, 0.15) is 105 Å². The molecule has 5 saturated carbocycles. The average Bonchev–Trinajstić information content (AvgIpc) is 3.10. The number of hydrogen-bond acceptors (Lipinski definition) is 3.